The second-order valence-corrected chi connectivity index (χ2v) is 6.43. The third-order valence-electron chi connectivity index (χ3n) is 4.62. The van der Waals surface area contributed by atoms with Crippen molar-refractivity contribution in [1.29, 1.82) is 0 Å². The van der Waals surface area contributed by atoms with Gasteiger partial charge in [-0.3, -0.25) is 9.78 Å². The van der Waals surface area contributed by atoms with Crippen LogP contribution < -0.4 is 15.1 Å². The summed E-state index contributed by atoms with van der Waals surface area (Å²) >= 11 is 0. The molecule has 3 aromatic heterocycles. The molecular weight excluding hydrogens is 354 g/mol. The van der Waals surface area contributed by atoms with E-state index >= 15 is 0 Å². The van der Waals surface area contributed by atoms with Crippen LogP contribution in [0, 0.1) is 0 Å². The quantitative estimate of drug-likeness (QED) is 0.723. The molecule has 0 bridgehead atoms. The van der Waals surface area contributed by atoms with Crippen molar-refractivity contribution in [1.82, 2.24) is 25.3 Å². The van der Waals surface area contributed by atoms with Crippen LogP contribution in [0.2, 0.25) is 0 Å². The number of aromatic nitrogens is 4. The van der Waals surface area contributed by atoms with Gasteiger partial charge in [-0.2, -0.15) is 0 Å². The summed E-state index contributed by atoms with van der Waals surface area (Å²) in [7, 11) is 0. The lowest BCUT2D eigenvalue weighted by atomic mass is 10.2. The fourth-order valence-electron chi connectivity index (χ4n) is 3.11. The number of rotatable bonds is 5. The first kappa shape index (κ1) is 17.8. The number of piperazine rings is 1. The van der Waals surface area contributed by atoms with E-state index in [-0.39, 0.29) is 5.91 Å². The molecule has 1 aliphatic rings. The van der Waals surface area contributed by atoms with Gasteiger partial charge in [0.2, 0.25) is 0 Å². The minimum atomic E-state index is -0.235. The molecule has 0 aromatic carbocycles. The van der Waals surface area contributed by atoms with Gasteiger partial charge in [0.25, 0.3) is 5.91 Å². The summed E-state index contributed by atoms with van der Waals surface area (Å²) < 4.78 is 0. The van der Waals surface area contributed by atoms with Gasteiger partial charge in [0, 0.05) is 44.6 Å². The standard InChI is InChI=1S/C20H21N7O/c28-20(23-14-16-5-1-3-7-21-16)17-13-19(25-15-24-17)27-11-9-26(10-12-27)18-6-2-4-8-22-18/h1-8,13,15H,9-12,14H2,(H,23,28). The van der Waals surface area contributed by atoms with Crippen LogP contribution in [0.4, 0.5) is 11.6 Å². The molecule has 1 N–H and O–H groups in total. The molecule has 3 aromatic rings. The summed E-state index contributed by atoms with van der Waals surface area (Å²) in [5.41, 5.74) is 1.16. The Balaban J connectivity index is 1.37. The summed E-state index contributed by atoms with van der Waals surface area (Å²) in [6.45, 7) is 3.68. The molecule has 142 valence electrons. The van der Waals surface area contributed by atoms with Gasteiger partial charge >= 0.3 is 0 Å². The van der Waals surface area contributed by atoms with Crippen molar-refractivity contribution < 1.29 is 4.79 Å². The molecule has 0 aliphatic carbocycles. The van der Waals surface area contributed by atoms with E-state index in [0.29, 0.717) is 12.2 Å². The minimum Gasteiger partial charge on any atom is -0.353 e. The average molecular weight is 375 g/mol. The van der Waals surface area contributed by atoms with E-state index in [2.05, 4.69) is 35.1 Å². The Morgan fingerprint density at radius 1 is 0.857 bits per heavy atom. The number of carbonyl (C=O) groups is 1. The lowest BCUT2D eigenvalue weighted by Crippen LogP contribution is -2.47. The van der Waals surface area contributed by atoms with Gasteiger partial charge < -0.3 is 15.1 Å². The van der Waals surface area contributed by atoms with Gasteiger partial charge in [-0.25, -0.2) is 15.0 Å². The second-order valence-electron chi connectivity index (χ2n) is 6.43. The average Bonchev–Trinajstić information content (AvgIpc) is 2.79. The molecule has 0 spiro atoms. The lowest BCUT2D eigenvalue weighted by Gasteiger charge is -2.36. The maximum Gasteiger partial charge on any atom is 0.270 e. The number of nitrogens with zero attached hydrogens (tertiary/aromatic N) is 6. The van der Waals surface area contributed by atoms with Crippen molar-refractivity contribution in [3.63, 3.8) is 0 Å². The van der Waals surface area contributed by atoms with Gasteiger partial charge in [0.15, 0.2) is 0 Å². The van der Waals surface area contributed by atoms with Crippen LogP contribution in [0.1, 0.15) is 16.2 Å². The Labute approximate surface area is 163 Å². The molecule has 8 nitrogen and oxygen atoms in total. The molecule has 8 heteroatoms. The summed E-state index contributed by atoms with van der Waals surface area (Å²) in [5.74, 6) is 1.51. The minimum absolute atomic E-state index is 0.235. The highest BCUT2D eigenvalue weighted by Crippen LogP contribution is 2.17. The first-order valence-electron chi connectivity index (χ1n) is 9.21. The first-order valence-corrected chi connectivity index (χ1v) is 9.21. The van der Waals surface area contributed by atoms with Crippen LogP contribution >= 0.6 is 0 Å². The number of carbonyl (C=O) groups excluding carboxylic acids is 1. The van der Waals surface area contributed by atoms with E-state index < -0.39 is 0 Å². The van der Waals surface area contributed by atoms with Crippen molar-refractivity contribution in [3.8, 4) is 0 Å². The van der Waals surface area contributed by atoms with E-state index in [4.69, 9.17) is 0 Å². The Bertz CT molecular complexity index is 912. The zero-order valence-corrected chi connectivity index (χ0v) is 15.4. The van der Waals surface area contributed by atoms with Crippen molar-refractivity contribution in [2.45, 2.75) is 6.54 Å². The Morgan fingerprint density at radius 2 is 1.57 bits per heavy atom. The predicted octanol–water partition coefficient (Wildman–Crippen LogP) is 1.52. The zero-order chi connectivity index (χ0) is 19.2. The third kappa shape index (κ3) is 4.22. The molecule has 0 unspecified atom stereocenters. The number of anilines is 2. The van der Waals surface area contributed by atoms with E-state index in [9.17, 15) is 4.79 Å². The topological polar surface area (TPSA) is 87.1 Å². The number of amides is 1. The maximum absolute atomic E-state index is 12.4. The van der Waals surface area contributed by atoms with Gasteiger partial charge in [-0.15, -0.1) is 0 Å². The Kier molecular flexibility index (Phi) is 5.37. The molecule has 0 radical (unpaired) electrons. The third-order valence-corrected chi connectivity index (χ3v) is 4.62. The van der Waals surface area contributed by atoms with Crippen molar-refractivity contribution in [2.75, 3.05) is 36.0 Å². The molecule has 4 rings (SSSR count). The molecule has 0 saturated carbocycles. The molecule has 1 fully saturated rings. The van der Waals surface area contributed by atoms with E-state index in [1.807, 2.05) is 42.6 Å². The smallest absolute Gasteiger partial charge is 0.270 e. The van der Waals surface area contributed by atoms with E-state index in [1.54, 1.807) is 12.3 Å². The maximum atomic E-state index is 12.4. The van der Waals surface area contributed by atoms with Gasteiger partial charge in [-0.1, -0.05) is 12.1 Å². The van der Waals surface area contributed by atoms with Crippen LogP contribution in [0.15, 0.2) is 61.2 Å². The first-order chi connectivity index (χ1) is 13.8. The monoisotopic (exact) mass is 375 g/mol. The molecule has 28 heavy (non-hydrogen) atoms. The Hall–Kier alpha value is -3.55. The van der Waals surface area contributed by atoms with Crippen molar-refractivity contribution in [3.05, 3.63) is 72.6 Å². The summed E-state index contributed by atoms with van der Waals surface area (Å²) in [4.78, 5) is 33.9. The molecule has 4 heterocycles. The largest absolute Gasteiger partial charge is 0.353 e. The van der Waals surface area contributed by atoms with Crippen LogP contribution in [0.3, 0.4) is 0 Å². The summed E-state index contributed by atoms with van der Waals surface area (Å²) in [6, 6.07) is 13.3. The van der Waals surface area contributed by atoms with Gasteiger partial charge in [0.1, 0.15) is 23.7 Å². The molecule has 0 atom stereocenters. The fourth-order valence-corrected chi connectivity index (χ4v) is 3.11. The summed E-state index contributed by atoms with van der Waals surface area (Å²) in [5, 5.41) is 2.85. The SMILES string of the molecule is O=C(NCc1ccccn1)c1cc(N2CCN(c3ccccn3)CC2)ncn1. The van der Waals surface area contributed by atoms with E-state index in [1.165, 1.54) is 6.33 Å². The van der Waals surface area contributed by atoms with Crippen LogP contribution in [0.25, 0.3) is 0 Å². The zero-order valence-electron chi connectivity index (χ0n) is 15.4. The number of hydrogen-bond donors (Lipinski definition) is 1. The predicted molar refractivity (Wildman–Crippen MR) is 106 cm³/mol. The number of hydrogen-bond acceptors (Lipinski definition) is 7. The van der Waals surface area contributed by atoms with Crippen LogP contribution in [0.5, 0.6) is 0 Å². The van der Waals surface area contributed by atoms with Crippen molar-refractivity contribution in [2.24, 2.45) is 0 Å². The lowest BCUT2D eigenvalue weighted by molar-refractivity contribution is 0.0945. The summed E-state index contributed by atoms with van der Waals surface area (Å²) in [6.07, 6.45) is 4.95. The second kappa shape index (κ2) is 8.43. The number of nitrogens with one attached hydrogen (secondary N) is 1. The number of pyridine rings is 2. The molecule has 1 saturated heterocycles. The normalized spacial score (nSPS) is 14.0. The van der Waals surface area contributed by atoms with Gasteiger partial charge in [0.05, 0.1) is 12.2 Å². The van der Waals surface area contributed by atoms with Crippen LogP contribution in [-0.4, -0.2) is 52.0 Å². The highest BCUT2D eigenvalue weighted by Gasteiger charge is 2.20. The Morgan fingerprint density at radius 3 is 2.25 bits per heavy atom. The van der Waals surface area contributed by atoms with Gasteiger partial charge in [-0.05, 0) is 24.3 Å². The van der Waals surface area contributed by atoms with Crippen LogP contribution in [-0.2, 0) is 6.54 Å². The highest BCUT2D eigenvalue weighted by atomic mass is 16.1. The van der Waals surface area contributed by atoms with E-state index in [0.717, 1.165) is 43.5 Å². The highest BCUT2D eigenvalue weighted by molar-refractivity contribution is 5.92. The molecular formula is C20H21N7O. The molecule has 1 amide bonds. The fraction of sp³-hybridized carbons (Fsp3) is 0.250. The molecule has 1 aliphatic heterocycles. The van der Waals surface area contributed by atoms with Crippen molar-refractivity contribution >= 4 is 17.5 Å².